The Morgan fingerprint density at radius 2 is 1.74 bits per heavy atom. The van der Waals surface area contributed by atoms with Gasteiger partial charge in [-0.2, -0.15) is 0 Å². The summed E-state index contributed by atoms with van der Waals surface area (Å²) >= 11 is 0. The summed E-state index contributed by atoms with van der Waals surface area (Å²) in [4.78, 5) is 0. The van der Waals surface area contributed by atoms with Crippen LogP contribution in [-0.4, -0.2) is 0 Å². The molecular weight excluding hydrogens is 234 g/mol. The molecule has 2 heteroatoms. The minimum Gasteiger partial charge on any atom is -0.457 e. The van der Waals surface area contributed by atoms with Crippen molar-refractivity contribution in [3.05, 3.63) is 53.6 Å². The molecule has 0 aliphatic heterocycles. The van der Waals surface area contributed by atoms with E-state index in [9.17, 15) is 0 Å². The topological polar surface area (TPSA) is 35.2 Å². The normalized spacial score (nSPS) is 10.4. The molecule has 0 radical (unpaired) electrons. The molecule has 100 valence electrons. The van der Waals surface area contributed by atoms with Crippen LogP contribution in [0.25, 0.3) is 0 Å². The SMILES string of the molecule is CCCc1cc(CC)ccc1Oc1ccc(N)cc1. The van der Waals surface area contributed by atoms with Crippen LogP contribution in [0.4, 0.5) is 5.69 Å². The molecule has 0 fully saturated rings. The van der Waals surface area contributed by atoms with Gasteiger partial charge in [0, 0.05) is 5.69 Å². The second kappa shape index (κ2) is 6.28. The van der Waals surface area contributed by atoms with Gasteiger partial charge in [-0.1, -0.05) is 32.4 Å². The number of hydrogen-bond donors (Lipinski definition) is 1. The van der Waals surface area contributed by atoms with E-state index < -0.39 is 0 Å². The van der Waals surface area contributed by atoms with Crippen LogP contribution < -0.4 is 10.5 Å². The largest absolute Gasteiger partial charge is 0.457 e. The molecule has 2 aromatic rings. The second-order valence-electron chi connectivity index (χ2n) is 4.72. The molecule has 0 unspecified atom stereocenters. The number of anilines is 1. The molecule has 0 spiro atoms. The zero-order chi connectivity index (χ0) is 13.7. The lowest BCUT2D eigenvalue weighted by Crippen LogP contribution is -1.94. The molecule has 0 saturated carbocycles. The fourth-order valence-electron chi connectivity index (χ4n) is 2.08. The zero-order valence-electron chi connectivity index (χ0n) is 11.6. The monoisotopic (exact) mass is 255 g/mol. The lowest BCUT2D eigenvalue weighted by Gasteiger charge is -2.12. The van der Waals surface area contributed by atoms with E-state index >= 15 is 0 Å². The Hall–Kier alpha value is -1.96. The third kappa shape index (κ3) is 3.50. The Bertz CT molecular complexity index is 531. The molecule has 0 atom stereocenters. The summed E-state index contributed by atoms with van der Waals surface area (Å²) in [7, 11) is 0. The highest BCUT2D eigenvalue weighted by Crippen LogP contribution is 2.28. The molecular formula is C17H21NO. The van der Waals surface area contributed by atoms with Crippen LogP contribution in [0, 0.1) is 0 Å². The van der Waals surface area contributed by atoms with Crippen LogP contribution >= 0.6 is 0 Å². The summed E-state index contributed by atoms with van der Waals surface area (Å²) in [5.41, 5.74) is 9.06. The molecule has 0 saturated heterocycles. The van der Waals surface area contributed by atoms with Gasteiger partial charge in [0.25, 0.3) is 0 Å². The highest BCUT2D eigenvalue weighted by molar-refractivity contribution is 5.45. The maximum Gasteiger partial charge on any atom is 0.130 e. The van der Waals surface area contributed by atoms with Gasteiger partial charge in [0.05, 0.1) is 0 Å². The lowest BCUT2D eigenvalue weighted by atomic mass is 10.0. The number of nitrogens with two attached hydrogens (primary N) is 1. The summed E-state index contributed by atoms with van der Waals surface area (Å²) in [5, 5.41) is 0. The number of nitrogen functional groups attached to an aromatic ring is 1. The van der Waals surface area contributed by atoms with Crippen molar-refractivity contribution in [1.82, 2.24) is 0 Å². The number of aryl methyl sites for hydroxylation is 2. The standard InChI is InChI=1S/C17H21NO/c1-3-5-14-12-13(4-2)6-11-17(14)19-16-9-7-15(18)8-10-16/h6-12H,3-5,18H2,1-2H3. The summed E-state index contributed by atoms with van der Waals surface area (Å²) in [5.74, 6) is 1.78. The third-order valence-corrected chi connectivity index (χ3v) is 3.16. The molecule has 19 heavy (non-hydrogen) atoms. The molecule has 0 amide bonds. The van der Waals surface area contributed by atoms with E-state index in [4.69, 9.17) is 10.5 Å². The molecule has 0 heterocycles. The van der Waals surface area contributed by atoms with Crippen molar-refractivity contribution < 1.29 is 4.74 Å². The summed E-state index contributed by atoms with van der Waals surface area (Å²) < 4.78 is 5.96. The first kappa shape index (κ1) is 13.5. The molecule has 2 nitrogen and oxygen atoms in total. The maximum atomic E-state index is 5.96. The van der Waals surface area contributed by atoms with Gasteiger partial charge in [-0.25, -0.2) is 0 Å². The van der Waals surface area contributed by atoms with Gasteiger partial charge in [-0.15, -0.1) is 0 Å². The first-order valence-electron chi connectivity index (χ1n) is 6.88. The Kier molecular flexibility index (Phi) is 4.45. The summed E-state index contributed by atoms with van der Waals surface area (Å²) in [6, 6.07) is 14.0. The lowest BCUT2D eigenvalue weighted by molar-refractivity contribution is 0.475. The van der Waals surface area contributed by atoms with Crippen molar-refractivity contribution in [2.24, 2.45) is 0 Å². The number of benzene rings is 2. The molecule has 2 aromatic carbocycles. The molecule has 2 rings (SSSR count). The fraction of sp³-hybridized carbons (Fsp3) is 0.294. The van der Waals surface area contributed by atoms with Crippen LogP contribution in [0.3, 0.4) is 0 Å². The van der Waals surface area contributed by atoms with Crippen LogP contribution in [-0.2, 0) is 12.8 Å². The maximum absolute atomic E-state index is 5.96. The van der Waals surface area contributed by atoms with Crippen LogP contribution in [0.2, 0.25) is 0 Å². The van der Waals surface area contributed by atoms with Gasteiger partial charge >= 0.3 is 0 Å². The van der Waals surface area contributed by atoms with E-state index in [-0.39, 0.29) is 0 Å². The predicted octanol–water partition coefficient (Wildman–Crippen LogP) is 4.58. The molecule has 0 aromatic heterocycles. The van der Waals surface area contributed by atoms with Gasteiger partial charge in [-0.3, -0.25) is 0 Å². The third-order valence-electron chi connectivity index (χ3n) is 3.16. The molecule has 0 bridgehead atoms. The number of hydrogen-bond acceptors (Lipinski definition) is 2. The minimum atomic E-state index is 0.752. The van der Waals surface area contributed by atoms with Crippen molar-refractivity contribution in [3.63, 3.8) is 0 Å². The van der Waals surface area contributed by atoms with E-state index in [0.717, 1.165) is 36.4 Å². The van der Waals surface area contributed by atoms with E-state index in [1.807, 2.05) is 24.3 Å². The van der Waals surface area contributed by atoms with Gasteiger partial charge in [0.1, 0.15) is 11.5 Å². The smallest absolute Gasteiger partial charge is 0.130 e. The van der Waals surface area contributed by atoms with Gasteiger partial charge in [0.2, 0.25) is 0 Å². The Labute approximate surface area is 115 Å². The average molecular weight is 255 g/mol. The molecule has 2 N–H and O–H groups in total. The summed E-state index contributed by atoms with van der Waals surface area (Å²) in [6.45, 7) is 4.36. The van der Waals surface area contributed by atoms with E-state index in [0.29, 0.717) is 0 Å². The van der Waals surface area contributed by atoms with Crippen molar-refractivity contribution in [3.8, 4) is 11.5 Å². The van der Waals surface area contributed by atoms with Crippen molar-refractivity contribution in [2.45, 2.75) is 33.1 Å². The van der Waals surface area contributed by atoms with Crippen molar-refractivity contribution in [2.75, 3.05) is 5.73 Å². The quantitative estimate of drug-likeness (QED) is 0.794. The number of ether oxygens (including phenoxy) is 1. The average Bonchev–Trinajstić information content (AvgIpc) is 2.43. The Morgan fingerprint density at radius 3 is 2.37 bits per heavy atom. The molecule has 0 aliphatic carbocycles. The van der Waals surface area contributed by atoms with Gasteiger partial charge in [-0.05, 0) is 54.3 Å². The fourth-order valence-corrected chi connectivity index (χ4v) is 2.08. The minimum absolute atomic E-state index is 0.752. The Morgan fingerprint density at radius 1 is 1.00 bits per heavy atom. The van der Waals surface area contributed by atoms with Crippen molar-refractivity contribution >= 4 is 5.69 Å². The van der Waals surface area contributed by atoms with Crippen molar-refractivity contribution in [1.29, 1.82) is 0 Å². The van der Waals surface area contributed by atoms with E-state index in [1.165, 1.54) is 11.1 Å². The van der Waals surface area contributed by atoms with E-state index in [2.05, 4.69) is 32.0 Å². The van der Waals surface area contributed by atoms with Crippen LogP contribution in [0.5, 0.6) is 11.5 Å². The summed E-state index contributed by atoms with van der Waals surface area (Å²) in [6.07, 6.45) is 3.21. The first-order chi connectivity index (χ1) is 9.22. The second-order valence-corrected chi connectivity index (χ2v) is 4.72. The van der Waals surface area contributed by atoms with Crippen LogP contribution in [0.1, 0.15) is 31.4 Å². The first-order valence-corrected chi connectivity index (χ1v) is 6.88. The van der Waals surface area contributed by atoms with Gasteiger partial charge in [0.15, 0.2) is 0 Å². The Balaban J connectivity index is 2.25. The highest BCUT2D eigenvalue weighted by Gasteiger charge is 2.05. The highest BCUT2D eigenvalue weighted by atomic mass is 16.5. The predicted molar refractivity (Wildman–Crippen MR) is 80.7 cm³/mol. The zero-order valence-corrected chi connectivity index (χ0v) is 11.6. The molecule has 0 aliphatic rings. The van der Waals surface area contributed by atoms with Gasteiger partial charge < -0.3 is 10.5 Å². The van der Waals surface area contributed by atoms with E-state index in [1.54, 1.807) is 0 Å². The number of rotatable bonds is 5. The van der Waals surface area contributed by atoms with Crippen LogP contribution in [0.15, 0.2) is 42.5 Å².